The van der Waals surface area contributed by atoms with Gasteiger partial charge in [0, 0.05) is 12.8 Å². The maximum atomic E-state index is 12.5. The standard InChI is InChI=1S/C60H115NO5/c1-3-5-7-9-11-13-15-17-19-21-22-23-24-25-26-28-32-36-40-44-48-52-58(63)57(56-62)61-59(64)53-49-45-41-37-33-30-31-35-39-43-47-51-55-66-60(65)54-50-46-42-38-34-29-27-20-18-16-14-12-10-8-6-4-2/h31,35,48,52,57-58,62-63H,3-30,32-34,36-47,49-51,53-56H2,1-2H3,(H,61,64)/b35-31-,52-48+. The third kappa shape index (κ3) is 51.7. The lowest BCUT2D eigenvalue weighted by molar-refractivity contribution is -0.143. The Morgan fingerprint density at radius 2 is 0.712 bits per heavy atom. The van der Waals surface area contributed by atoms with Gasteiger partial charge in [0.05, 0.1) is 25.4 Å². The van der Waals surface area contributed by atoms with E-state index in [0.29, 0.717) is 19.4 Å². The van der Waals surface area contributed by atoms with Crippen LogP contribution in [-0.2, 0) is 14.3 Å². The molecule has 0 saturated carbocycles. The Bertz CT molecular complexity index is 1030. The average molecular weight is 931 g/mol. The first-order valence-corrected chi connectivity index (χ1v) is 29.6. The largest absolute Gasteiger partial charge is 0.466 e. The number of hydrogen-bond donors (Lipinski definition) is 3. The Morgan fingerprint density at radius 1 is 0.409 bits per heavy atom. The predicted molar refractivity (Wildman–Crippen MR) is 287 cm³/mol. The zero-order valence-corrected chi connectivity index (χ0v) is 44.4. The molecule has 3 N–H and O–H groups in total. The van der Waals surface area contributed by atoms with E-state index in [0.717, 1.165) is 77.0 Å². The minimum atomic E-state index is -0.861. The maximum absolute atomic E-state index is 12.5. The van der Waals surface area contributed by atoms with Gasteiger partial charge in [-0.1, -0.05) is 269 Å². The fourth-order valence-electron chi connectivity index (χ4n) is 9.16. The number of amides is 1. The second-order valence-electron chi connectivity index (χ2n) is 20.3. The number of esters is 1. The monoisotopic (exact) mass is 930 g/mol. The van der Waals surface area contributed by atoms with Crippen LogP contribution < -0.4 is 5.32 Å². The molecule has 0 radical (unpaired) electrons. The lowest BCUT2D eigenvalue weighted by Gasteiger charge is -2.20. The predicted octanol–water partition coefficient (Wildman–Crippen LogP) is 18.2. The SMILES string of the molecule is CCCCCCCCCCCCCCCCCCCCC/C=C/C(O)C(CO)NC(=O)CCCCCCC/C=C\CCCCCOC(=O)CCCCCCCCCCCCCCCCCC. The minimum Gasteiger partial charge on any atom is -0.466 e. The van der Waals surface area contributed by atoms with Crippen LogP contribution in [0.3, 0.4) is 0 Å². The molecule has 2 atom stereocenters. The van der Waals surface area contributed by atoms with Crippen molar-refractivity contribution in [3.8, 4) is 0 Å². The van der Waals surface area contributed by atoms with Crippen molar-refractivity contribution in [2.75, 3.05) is 13.2 Å². The molecule has 0 aliphatic heterocycles. The molecule has 0 aromatic carbocycles. The van der Waals surface area contributed by atoms with E-state index in [9.17, 15) is 19.8 Å². The molecule has 1 amide bonds. The third-order valence-electron chi connectivity index (χ3n) is 13.7. The van der Waals surface area contributed by atoms with Crippen LogP contribution in [0.25, 0.3) is 0 Å². The number of ether oxygens (including phenoxy) is 1. The van der Waals surface area contributed by atoms with Gasteiger partial charge in [0.1, 0.15) is 0 Å². The summed E-state index contributed by atoms with van der Waals surface area (Å²) in [4.78, 5) is 24.5. The minimum absolute atomic E-state index is 0.0204. The van der Waals surface area contributed by atoms with Gasteiger partial charge in [-0.2, -0.15) is 0 Å². The van der Waals surface area contributed by atoms with Gasteiger partial charge in [-0.15, -0.1) is 0 Å². The van der Waals surface area contributed by atoms with Gasteiger partial charge in [0.25, 0.3) is 0 Å². The van der Waals surface area contributed by atoms with Gasteiger partial charge in [-0.05, 0) is 64.2 Å². The third-order valence-corrected chi connectivity index (χ3v) is 13.7. The van der Waals surface area contributed by atoms with Crippen LogP contribution in [0, 0.1) is 0 Å². The quantitative estimate of drug-likeness (QED) is 0.0321. The lowest BCUT2D eigenvalue weighted by Crippen LogP contribution is -2.45. The van der Waals surface area contributed by atoms with Crippen molar-refractivity contribution in [2.24, 2.45) is 0 Å². The van der Waals surface area contributed by atoms with Gasteiger partial charge in [-0.3, -0.25) is 9.59 Å². The average Bonchev–Trinajstić information content (AvgIpc) is 3.32. The number of aliphatic hydroxyl groups excluding tert-OH is 2. The Labute approximate surface area is 411 Å². The number of hydrogen-bond acceptors (Lipinski definition) is 5. The zero-order chi connectivity index (χ0) is 47.9. The molecule has 0 fully saturated rings. The maximum Gasteiger partial charge on any atom is 0.305 e. The highest BCUT2D eigenvalue weighted by Crippen LogP contribution is 2.17. The summed E-state index contributed by atoms with van der Waals surface area (Å²) >= 11 is 0. The molecule has 0 aliphatic rings. The summed E-state index contributed by atoms with van der Waals surface area (Å²) in [6.45, 7) is 4.87. The zero-order valence-electron chi connectivity index (χ0n) is 44.4. The van der Waals surface area contributed by atoms with Crippen molar-refractivity contribution in [3.05, 3.63) is 24.3 Å². The molecular weight excluding hydrogens is 815 g/mol. The molecule has 0 bridgehead atoms. The van der Waals surface area contributed by atoms with Gasteiger partial charge < -0.3 is 20.3 Å². The summed E-state index contributed by atoms with van der Waals surface area (Å²) in [6.07, 6.45) is 67.7. The van der Waals surface area contributed by atoms with Crippen molar-refractivity contribution in [1.82, 2.24) is 5.32 Å². The van der Waals surface area contributed by atoms with Crippen LogP contribution in [0.4, 0.5) is 0 Å². The summed E-state index contributed by atoms with van der Waals surface area (Å²) in [5.74, 6) is -0.111. The van der Waals surface area contributed by atoms with Crippen molar-refractivity contribution in [1.29, 1.82) is 0 Å². The van der Waals surface area contributed by atoms with E-state index in [-0.39, 0.29) is 18.5 Å². The van der Waals surface area contributed by atoms with E-state index in [1.54, 1.807) is 6.08 Å². The van der Waals surface area contributed by atoms with Crippen LogP contribution in [-0.4, -0.2) is 47.4 Å². The highest BCUT2D eigenvalue weighted by molar-refractivity contribution is 5.76. The second kappa shape index (κ2) is 55.9. The Balaban J connectivity index is 3.51. The van der Waals surface area contributed by atoms with Gasteiger partial charge >= 0.3 is 5.97 Å². The molecule has 0 aromatic heterocycles. The van der Waals surface area contributed by atoms with Gasteiger partial charge in [0.2, 0.25) is 5.91 Å². The topological polar surface area (TPSA) is 95.9 Å². The van der Waals surface area contributed by atoms with Crippen LogP contribution >= 0.6 is 0 Å². The molecule has 390 valence electrons. The van der Waals surface area contributed by atoms with E-state index in [2.05, 4.69) is 31.3 Å². The molecule has 6 nitrogen and oxygen atoms in total. The van der Waals surface area contributed by atoms with Crippen LogP contribution in [0.1, 0.15) is 322 Å². The number of nitrogens with one attached hydrogen (secondary N) is 1. The second-order valence-corrected chi connectivity index (χ2v) is 20.3. The number of aliphatic hydroxyl groups is 2. The molecule has 66 heavy (non-hydrogen) atoms. The normalized spacial score (nSPS) is 12.7. The molecule has 0 saturated heterocycles. The molecule has 0 spiro atoms. The van der Waals surface area contributed by atoms with E-state index in [4.69, 9.17) is 4.74 Å². The van der Waals surface area contributed by atoms with Crippen molar-refractivity contribution >= 4 is 11.9 Å². The summed E-state index contributed by atoms with van der Waals surface area (Å²) < 4.78 is 5.46. The smallest absolute Gasteiger partial charge is 0.305 e. The summed E-state index contributed by atoms with van der Waals surface area (Å²) in [5, 5.41) is 23.2. The molecule has 0 heterocycles. The number of carbonyl (C=O) groups is 2. The van der Waals surface area contributed by atoms with E-state index in [1.165, 1.54) is 218 Å². The van der Waals surface area contributed by atoms with E-state index >= 15 is 0 Å². The molecule has 2 unspecified atom stereocenters. The molecule has 6 heteroatoms. The van der Waals surface area contributed by atoms with Crippen molar-refractivity contribution in [2.45, 2.75) is 334 Å². The Morgan fingerprint density at radius 3 is 1.08 bits per heavy atom. The van der Waals surface area contributed by atoms with Crippen LogP contribution in [0.2, 0.25) is 0 Å². The number of rotatable bonds is 55. The van der Waals surface area contributed by atoms with Crippen molar-refractivity contribution in [3.63, 3.8) is 0 Å². The van der Waals surface area contributed by atoms with Crippen LogP contribution in [0.15, 0.2) is 24.3 Å². The number of unbranched alkanes of at least 4 members (excludes halogenated alkanes) is 42. The van der Waals surface area contributed by atoms with E-state index < -0.39 is 12.1 Å². The summed E-state index contributed by atoms with van der Waals surface area (Å²) in [6, 6.07) is -0.647. The first kappa shape index (κ1) is 64.3. The van der Waals surface area contributed by atoms with Crippen molar-refractivity contribution < 1.29 is 24.5 Å². The van der Waals surface area contributed by atoms with Gasteiger partial charge in [-0.25, -0.2) is 0 Å². The number of allylic oxidation sites excluding steroid dienone is 3. The summed E-state index contributed by atoms with van der Waals surface area (Å²) in [5.41, 5.74) is 0. The summed E-state index contributed by atoms with van der Waals surface area (Å²) in [7, 11) is 0. The Kier molecular flexibility index (Phi) is 54.5. The highest BCUT2D eigenvalue weighted by Gasteiger charge is 2.18. The first-order chi connectivity index (χ1) is 32.5. The van der Waals surface area contributed by atoms with Gasteiger partial charge in [0.15, 0.2) is 0 Å². The lowest BCUT2D eigenvalue weighted by atomic mass is 10.0. The van der Waals surface area contributed by atoms with Crippen LogP contribution in [0.5, 0.6) is 0 Å². The number of carbonyl (C=O) groups excluding carboxylic acids is 2. The molecule has 0 aromatic rings. The fourth-order valence-corrected chi connectivity index (χ4v) is 9.16. The molecule has 0 rings (SSSR count). The molecule has 0 aliphatic carbocycles. The highest BCUT2D eigenvalue weighted by atomic mass is 16.5. The van der Waals surface area contributed by atoms with E-state index in [1.807, 2.05) is 6.08 Å². The Hall–Kier alpha value is -1.66. The fraction of sp³-hybridized carbons (Fsp3) is 0.900. The first-order valence-electron chi connectivity index (χ1n) is 29.6. The molecular formula is C60H115NO5.